The molecular weight excluding hydrogens is 282 g/mol. The van der Waals surface area contributed by atoms with E-state index in [9.17, 15) is 0 Å². The quantitative estimate of drug-likeness (QED) is 0.929. The summed E-state index contributed by atoms with van der Waals surface area (Å²) in [6.45, 7) is 5.98. The summed E-state index contributed by atoms with van der Waals surface area (Å²) in [4.78, 5) is 0. The van der Waals surface area contributed by atoms with Crippen molar-refractivity contribution in [2.24, 2.45) is 11.7 Å². The van der Waals surface area contributed by atoms with Crippen molar-refractivity contribution in [3.63, 3.8) is 0 Å². The molecule has 0 aliphatic carbocycles. The molecule has 0 saturated carbocycles. The van der Waals surface area contributed by atoms with Crippen LogP contribution in [0.2, 0.25) is 0 Å². The van der Waals surface area contributed by atoms with Gasteiger partial charge in [-0.25, -0.2) is 0 Å². The number of halogens is 1. The molecule has 1 fully saturated rings. The summed E-state index contributed by atoms with van der Waals surface area (Å²) in [5.74, 6) is 0.388. The van der Waals surface area contributed by atoms with Crippen LogP contribution in [0.5, 0.6) is 0 Å². The lowest BCUT2D eigenvalue weighted by atomic mass is 9.92. The Bertz CT molecular complexity index is 380. The van der Waals surface area contributed by atoms with Gasteiger partial charge in [0.1, 0.15) is 0 Å². The van der Waals surface area contributed by atoms with Crippen LogP contribution in [-0.4, -0.2) is 22.5 Å². The second-order valence-corrected chi connectivity index (χ2v) is 5.51. The van der Waals surface area contributed by atoms with E-state index < -0.39 is 0 Å². The van der Waals surface area contributed by atoms with Gasteiger partial charge in [0.25, 0.3) is 0 Å². The molecule has 2 rings (SSSR count). The molecule has 5 heteroatoms. The minimum absolute atomic E-state index is 0.00377. The van der Waals surface area contributed by atoms with E-state index in [-0.39, 0.29) is 12.1 Å². The minimum Gasteiger partial charge on any atom is -0.378 e. The van der Waals surface area contributed by atoms with Gasteiger partial charge < -0.3 is 10.5 Å². The van der Waals surface area contributed by atoms with Gasteiger partial charge >= 0.3 is 0 Å². The number of nitrogens with two attached hydrogens (primary N) is 1. The van der Waals surface area contributed by atoms with Gasteiger partial charge in [0.2, 0.25) is 0 Å². The van der Waals surface area contributed by atoms with E-state index in [4.69, 9.17) is 10.5 Å². The molecule has 0 spiro atoms. The fourth-order valence-corrected chi connectivity index (χ4v) is 3.08. The molecule has 0 bridgehead atoms. The molecule has 0 aromatic carbocycles. The Morgan fingerprint density at radius 1 is 1.71 bits per heavy atom. The van der Waals surface area contributed by atoms with Crippen molar-refractivity contribution >= 4 is 15.9 Å². The Labute approximate surface area is 111 Å². The van der Waals surface area contributed by atoms with Gasteiger partial charge in [-0.15, -0.1) is 0 Å². The summed E-state index contributed by atoms with van der Waals surface area (Å²) in [5, 5.41) is 4.37. The molecule has 96 valence electrons. The van der Waals surface area contributed by atoms with Crippen molar-refractivity contribution in [1.82, 2.24) is 9.78 Å². The number of nitrogens with zero attached hydrogens (tertiary/aromatic N) is 2. The van der Waals surface area contributed by atoms with Crippen molar-refractivity contribution in [3.8, 4) is 0 Å². The van der Waals surface area contributed by atoms with E-state index in [1.807, 2.05) is 10.9 Å². The molecule has 0 amide bonds. The highest BCUT2D eigenvalue weighted by Crippen LogP contribution is 2.34. The maximum Gasteiger partial charge on any atom is 0.0697 e. The molecule has 2 N–H and O–H groups in total. The van der Waals surface area contributed by atoms with E-state index in [1.165, 1.54) is 0 Å². The van der Waals surface area contributed by atoms with E-state index in [2.05, 4.69) is 34.9 Å². The lowest BCUT2D eigenvalue weighted by Crippen LogP contribution is -2.29. The molecule has 1 aromatic heterocycles. The van der Waals surface area contributed by atoms with Crippen molar-refractivity contribution in [3.05, 3.63) is 16.4 Å². The normalized spacial score (nSPS) is 26.4. The summed E-state index contributed by atoms with van der Waals surface area (Å²) in [6, 6.07) is -0.00377. The number of hydrogen-bond donors (Lipinski definition) is 1. The first-order chi connectivity index (χ1) is 8.15. The average Bonchev–Trinajstić information content (AvgIpc) is 2.86. The van der Waals surface area contributed by atoms with Crippen molar-refractivity contribution in [2.75, 3.05) is 6.61 Å². The predicted octanol–water partition coefficient (Wildman–Crippen LogP) is 2.48. The zero-order valence-corrected chi connectivity index (χ0v) is 12.0. The first kappa shape index (κ1) is 13.1. The van der Waals surface area contributed by atoms with Gasteiger partial charge in [0.15, 0.2) is 0 Å². The van der Waals surface area contributed by atoms with E-state index in [0.717, 1.165) is 36.2 Å². The van der Waals surface area contributed by atoms with Crippen LogP contribution in [-0.2, 0) is 11.3 Å². The highest BCUT2D eigenvalue weighted by atomic mass is 79.9. The van der Waals surface area contributed by atoms with Crippen LogP contribution < -0.4 is 5.73 Å². The number of aryl methyl sites for hydroxylation is 1. The highest BCUT2D eigenvalue weighted by molar-refractivity contribution is 9.10. The molecule has 0 radical (unpaired) electrons. The lowest BCUT2D eigenvalue weighted by Gasteiger charge is -2.23. The summed E-state index contributed by atoms with van der Waals surface area (Å²) >= 11 is 3.55. The molecule has 3 unspecified atom stereocenters. The van der Waals surface area contributed by atoms with Crippen LogP contribution in [0.3, 0.4) is 0 Å². The fraction of sp³-hybridized carbons (Fsp3) is 0.750. The molecule has 17 heavy (non-hydrogen) atoms. The minimum atomic E-state index is -0.00377. The maximum absolute atomic E-state index is 6.40. The fourth-order valence-electron chi connectivity index (χ4n) is 2.52. The van der Waals surface area contributed by atoms with Crippen molar-refractivity contribution in [2.45, 2.75) is 45.4 Å². The van der Waals surface area contributed by atoms with Crippen LogP contribution in [0.15, 0.2) is 10.7 Å². The van der Waals surface area contributed by atoms with Crippen LogP contribution in [0.4, 0.5) is 0 Å². The number of rotatable bonds is 4. The maximum atomic E-state index is 6.40. The van der Waals surface area contributed by atoms with Gasteiger partial charge in [-0.05, 0) is 35.7 Å². The van der Waals surface area contributed by atoms with Gasteiger partial charge in [-0.2, -0.15) is 5.10 Å². The predicted molar refractivity (Wildman–Crippen MR) is 70.7 cm³/mol. The summed E-state index contributed by atoms with van der Waals surface area (Å²) in [5.41, 5.74) is 7.50. The Morgan fingerprint density at radius 3 is 3.06 bits per heavy atom. The van der Waals surface area contributed by atoms with Crippen molar-refractivity contribution < 1.29 is 4.74 Å². The SMILES string of the molecule is CCCn1ncc(Br)c1C(N)C1CCOC1C. The van der Waals surface area contributed by atoms with Crippen LogP contribution >= 0.6 is 15.9 Å². The van der Waals surface area contributed by atoms with Gasteiger partial charge in [0.05, 0.1) is 28.5 Å². The molecule has 1 aromatic rings. The molecule has 2 heterocycles. The zero-order valence-electron chi connectivity index (χ0n) is 10.4. The molecule has 3 atom stereocenters. The third-order valence-electron chi connectivity index (χ3n) is 3.48. The van der Waals surface area contributed by atoms with Gasteiger partial charge in [-0.1, -0.05) is 6.92 Å². The van der Waals surface area contributed by atoms with Gasteiger partial charge in [0, 0.05) is 19.1 Å². The van der Waals surface area contributed by atoms with Crippen molar-refractivity contribution in [1.29, 1.82) is 0 Å². The largest absolute Gasteiger partial charge is 0.378 e. The lowest BCUT2D eigenvalue weighted by molar-refractivity contribution is 0.0986. The Morgan fingerprint density at radius 2 is 2.47 bits per heavy atom. The Hall–Kier alpha value is -0.390. The third kappa shape index (κ3) is 2.56. The summed E-state index contributed by atoms with van der Waals surface area (Å²) in [6.07, 6.45) is 4.17. The molecule has 1 saturated heterocycles. The standard InChI is InChI=1S/C12H20BrN3O/c1-3-5-16-12(10(13)7-15-16)11(14)9-4-6-17-8(9)2/h7-9,11H,3-6,14H2,1-2H3. The van der Waals surface area contributed by atoms with Crippen LogP contribution in [0.25, 0.3) is 0 Å². The smallest absolute Gasteiger partial charge is 0.0697 e. The monoisotopic (exact) mass is 301 g/mol. The average molecular weight is 302 g/mol. The number of ether oxygens (including phenoxy) is 1. The molecule has 1 aliphatic heterocycles. The summed E-state index contributed by atoms with van der Waals surface area (Å²) in [7, 11) is 0. The topological polar surface area (TPSA) is 53.1 Å². The Kier molecular flexibility index (Phi) is 4.22. The molecule has 1 aliphatic rings. The highest BCUT2D eigenvalue weighted by Gasteiger charge is 2.33. The third-order valence-corrected chi connectivity index (χ3v) is 4.09. The van der Waals surface area contributed by atoms with Crippen LogP contribution in [0, 0.1) is 5.92 Å². The van der Waals surface area contributed by atoms with E-state index >= 15 is 0 Å². The second-order valence-electron chi connectivity index (χ2n) is 4.66. The molecular formula is C12H20BrN3O. The van der Waals surface area contributed by atoms with E-state index in [0.29, 0.717) is 5.92 Å². The van der Waals surface area contributed by atoms with Gasteiger partial charge in [-0.3, -0.25) is 4.68 Å². The Balaban J connectivity index is 2.22. The van der Waals surface area contributed by atoms with E-state index in [1.54, 1.807) is 0 Å². The zero-order chi connectivity index (χ0) is 12.4. The first-order valence-electron chi connectivity index (χ1n) is 6.23. The number of aromatic nitrogens is 2. The number of hydrogen-bond acceptors (Lipinski definition) is 3. The first-order valence-corrected chi connectivity index (χ1v) is 7.02. The van der Waals surface area contributed by atoms with Crippen LogP contribution in [0.1, 0.15) is 38.4 Å². The second kappa shape index (κ2) is 5.50. The molecule has 4 nitrogen and oxygen atoms in total. The summed E-state index contributed by atoms with van der Waals surface area (Å²) < 4.78 is 8.62.